The van der Waals surface area contributed by atoms with E-state index in [-0.39, 0.29) is 30.8 Å². The SMILES string of the molecule is Cl.NC(COc1cccc(F)c1C(=O)O)Cc1ccccc1. The third-order valence-electron chi connectivity index (χ3n) is 2.98. The minimum absolute atomic E-state index is 0. The summed E-state index contributed by atoms with van der Waals surface area (Å²) in [6.45, 7) is 0.110. The first-order valence-electron chi connectivity index (χ1n) is 6.52. The van der Waals surface area contributed by atoms with Crippen LogP contribution in [0.1, 0.15) is 15.9 Å². The summed E-state index contributed by atoms with van der Waals surface area (Å²) < 4.78 is 18.8. The van der Waals surface area contributed by atoms with Crippen LogP contribution in [-0.4, -0.2) is 23.7 Å². The van der Waals surface area contributed by atoms with E-state index in [1.807, 2.05) is 30.3 Å². The second kappa shape index (κ2) is 8.36. The maximum atomic E-state index is 13.5. The van der Waals surface area contributed by atoms with Crippen molar-refractivity contribution in [1.29, 1.82) is 0 Å². The molecular weight excluding hydrogens is 309 g/mol. The normalized spacial score (nSPS) is 11.4. The Morgan fingerprint density at radius 3 is 2.50 bits per heavy atom. The predicted molar refractivity (Wildman–Crippen MR) is 84.2 cm³/mol. The summed E-state index contributed by atoms with van der Waals surface area (Å²) in [6.07, 6.45) is 0.596. The van der Waals surface area contributed by atoms with Gasteiger partial charge in [0.05, 0.1) is 0 Å². The quantitative estimate of drug-likeness (QED) is 0.856. The molecule has 1 atom stereocenters. The molecule has 0 radical (unpaired) electrons. The molecule has 0 saturated carbocycles. The van der Waals surface area contributed by atoms with E-state index in [4.69, 9.17) is 15.6 Å². The van der Waals surface area contributed by atoms with Gasteiger partial charge >= 0.3 is 5.97 Å². The Morgan fingerprint density at radius 1 is 1.18 bits per heavy atom. The van der Waals surface area contributed by atoms with Crippen LogP contribution in [0.15, 0.2) is 48.5 Å². The molecule has 0 heterocycles. The van der Waals surface area contributed by atoms with Crippen LogP contribution in [-0.2, 0) is 6.42 Å². The molecule has 0 bridgehead atoms. The van der Waals surface area contributed by atoms with Crippen LogP contribution < -0.4 is 10.5 Å². The molecule has 6 heteroatoms. The summed E-state index contributed by atoms with van der Waals surface area (Å²) >= 11 is 0. The Kier molecular flexibility index (Phi) is 6.82. The Bertz CT molecular complexity index is 622. The minimum atomic E-state index is -1.36. The molecule has 0 spiro atoms. The highest BCUT2D eigenvalue weighted by molar-refractivity contribution is 5.91. The third-order valence-corrected chi connectivity index (χ3v) is 2.98. The predicted octanol–water partition coefficient (Wildman–Crippen LogP) is 2.89. The lowest BCUT2D eigenvalue weighted by molar-refractivity contribution is 0.0686. The number of ether oxygens (including phenoxy) is 1. The van der Waals surface area contributed by atoms with Gasteiger partial charge in [0, 0.05) is 6.04 Å². The molecule has 1 unspecified atom stereocenters. The highest BCUT2D eigenvalue weighted by atomic mass is 35.5. The molecule has 0 aliphatic carbocycles. The van der Waals surface area contributed by atoms with Crippen molar-refractivity contribution in [3.8, 4) is 5.75 Å². The summed E-state index contributed by atoms with van der Waals surface area (Å²) in [5.41, 5.74) is 6.54. The van der Waals surface area contributed by atoms with Crippen LogP contribution in [0.4, 0.5) is 4.39 Å². The first kappa shape index (κ1) is 17.9. The summed E-state index contributed by atoms with van der Waals surface area (Å²) in [5, 5.41) is 9.00. The van der Waals surface area contributed by atoms with Crippen LogP contribution in [0.25, 0.3) is 0 Å². The van der Waals surface area contributed by atoms with Crippen molar-refractivity contribution in [2.75, 3.05) is 6.61 Å². The fraction of sp³-hybridized carbons (Fsp3) is 0.188. The highest BCUT2D eigenvalue weighted by Crippen LogP contribution is 2.21. The van der Waals surface area contributed by atoms with Gasteiger partial charge in [0.15, 0.2) is 0 Å². The number of nitrogens with two attached hydrogens (primary N) is 1. The summed E-state index contributed by atoms with van der Waals surface area (Å²) in [7, 11) is 0. The average Bonchev–Trinajstić information content (AvgIpc) is 2.45. The topological polar surface area (TPSA) is 72.5 Å². The third kappa shape index (κ3) is 4.72. The molecule has 0 saturated heterocycles. The first-order valence-corrected chi connectivity index (χ1v) is 6.52. The second-order valence-electron chi connectivity index (χ2n) is 4.68. The van der Waals surface area contributed by atoms with Gasteiger partial charge < -0.3 is 15.6 Å². The van der Waals surface area contributed by atoms with Crippen molar-refractivity contribution in [2.45, 2.75) is 12.5 Å². The maximum absolute atomic E-state index is 13.5. The zero-order valence-electron chi connectivity index (χ0n) is 11.7. The van der Waals surface area contributed by atoms with Gasteiger partial charge in [-0.25, -0.2) is 9.18 Å². The number of carbonyl (C=O) groups is 1. The van der Waals surface area contributed by atoms with Gasteiger partial charge in [-0.15, -0.1) is 12.4 Å². The lowest BCUT2D eigenvalue weighted by Gasteiger charge is -2.15. The summed E-state index contributed by atoms with van der Waals surface area (Å²) in [4.78, 5) is 11.0. The van der Waals surface area contributed by atoms with Crippen molar-refractivity contribution >= 4 is 18.4 Å². The van der Waals surface area contributed by atoms with Gasteiger partial charge in [-0.2, -0.15) is 0 Å². The van der Waals surface area contributed by atoms with Crippen molar-refractivity contribution in [3.05, 3.63) is 65.5 Å². The minimum Gasteiger partial charge on any atom is -0.491 e. The molecule has 0 aliphatic rings. The van der Waals surface area contributed by atoms with E-state index in [2.05, 4.69) is 0 Å². The Hall–Kier alpha value is -2.11. The van der Waals surface area contributed by atoms with E-state index in [0.717, 1.165) is 11.6 Å². The first-order chi connectivity index (χ1) is 10.1. The molecule has 0 amide bonds. The van der Waals surface area contributed by atoms with Crippen LogP contribution in [0.5, 0.6) is 5.75 Å². The van der Waals surface area contributed by atoms with Gasteiger partial charge in [-0.05, 0) is 24.1 Å². The molecule has 2 aromatic carbocycles. The zero-order valence-corrected chi connectivity index (χ0v) is 12.6. The molecule has 3 N–H and O–H groups in total. The van der Waals surface area contributed by atoms with E-state index in [1.54, 1.807) is 0 Å². The van der Waals surface area contributed by atoms with E-state index < -0.39 is 17.3 Å². The maximum Gasteiger partial charge on any atom is 0.342 e. The highest BCUT2D eigenvalue weighted by Gasteiger charge is 2.17. The number of aromatic carboxylic acids is 1. The molecule has 2 rings (SSSR count). The zero-order chi connectivity index (χ0) is 15.2. The van der Waals surface area contributed by atoms with Crippen LogP contribution in [0, 0.1) is 5.82 Å². The lowest BCUT2D eigenvalue weighted by atomic mass is 10.1. The van der Waals surface area contributed by atoms with Gasteiger partial charge in [-0.3, -0.25) is 0 Å². The van der Waals surface area contributed by atoms with E-state index >= 15 is 0 Å². The Balaban J connectivity index is 0.00000242. The molecule has 22 heavy (non-hydrogen) atoms. The fourth-order valence-corrected chi connectivity index (χ4v) is 2.00. The number of hydrogen-bond donors (Lipinski definition) is 2. The Morgan fingerprint density at radius 2 is 1.86 bits per heavy atom. The van der Waals surface area contributed by atoms with E-state index in [1.165, 1.54) is 12.1 Å². The average molecular weight is 326 g/mol. The number of rotatable bonds is 6. The van der Waals surface area contributed by atoms with E-state index in [9.17, 15) is 9.18 Å². The molecular formula is C16H17ClFNO3. The summed E-state index contributed by atoms with van der Waals surface area (Å²) in [5.74, 6) is -2.19. The summed E-state index contributed by atoms with van der Waals surface area (Å²) in [6, 6.07) is 13.2. The largest absolute Gasteiger partial charge is 0.491 e. The standard InChI is InChI=1S/C16H16FNO3.ClH/c17-13-7-4-8-14(15(13)16(19)20)21-10-12(18)9-11-5-2-1-3-6-11;/h1-8,12H,9-10,18H2,(H,19,20);1H. The van der Waals surface area contributed by atoms with Crippen LogP contribution in [0.2, 0.25) is 0 Å². The smallest absolute Gasteiger partial charge is 0.342 e. The lowest BCUT2D eigenvalue weighted by Crippen LogP contribution is -2.30. The molecule has 4 nitrogen and oxygen atoms in total. The number of hydrogen-bond acceptors (Lipinski definition) is 3. The van der Waals surface area contributed by atoms with Crippen molar-refractivity contribution in [1.82, 2.24) is 0 Å². The van der Waals surface area contributed by atoms with Crippen molar-refractivity contribution < 1.29 is 19.0 Å². The van der Waals surface area contributed by atoms with Gasteiger partial charge in [-0.1, -0.05) is 36.4 Å². The molecule has 0 fully saturated rings. The molecule has 118 valence electrons. The monoisotopic (exact) mass is 325 g/mol. The molecule has 0 aromatic heterocycles. The Labute approximate surface area is 134 Å². The van der Waals surface area contributed by atoms with E-state index in [0.29, 0.717) is 6.42 Å². The number of benzene rings is 2. The van der Waals surface area contributed by atoms with Crippen LogP contribution in [0.3, 0.4) is 0 Å². The van der Waals surface area contributed by atoms with Crippen molar-refractivity contribution in [3.63, 3.8) is 0 Å². The second-order valence-corrected chi connectivity index (χ2v) is 4.68. The van der Waals surface area contributed by atoms with Gasteiger partial charge in [0.25, 0.3) is 0 Å². The number of carboxylic acids is 1. The molecule has 2 aromatic rings. The van der Waals surface area contributed by atoms with Crippen molar-refractivity contribution in [2.24, 2.45) is 5.73 Å². The number of carboxylic acid groups (broad SMARTS) is 1. The number of halogens is 2. The fourth-order valence-electron chi connectivity index (χ4n) is 2.00. The molecule has 0 aliphatic heterocycles. The van der Waals surface area contributed by atoms with Gasteiger partial charge in [0.2, 0.25) is 0 Å². The van der Waals surface area contributed by atoms with Crippen LogP contribution >= 0.6 is 12.4 Å². The van der Waals surface area contributed by atoms with Gasteiger partial charge in [0.1, 0.15) is 23.7 Å².